The highest BCUT2D eigenvalue weighted by Crippen LogP contribution is 2.12. The molecule has 2 rings (SSSR count). The molecular weight excluding hydrogens is 198 g/mol. The molecule has 0 aliphatic heterocycles. The highest BCUT2D eigenvalue weighted by molar-refractivity contribution is 7.09. The van der Waals surface area contributed by atoms with Crippen LogP contribution in [0.4, 0.5) is 5.13 Å². The van der Waals surface area contributed by atoms with E-state index in [9.17, 15) is 0 Å². The van der Waals surface area contributed by atoms with Crippen LogP contribution in [0.3, 0.4) is 0 Å². The lowest BCUT2D eigenvalue weighted by atomic mass is 10.3. The largest absolute Gasteiger partial charge is 0.472 e. The molecule has 1 N–H and O–H groups in total. The molecule has 74 valence electrons. The van der Waals surface area contributed by atoms with Crippen molar-refractivity contribution < 1.29 is 4.42 Å². The van der Waals surface area contributed by atoms with E-state index < -0.39 is 0 Å². The first-order valence-corrected chi connectivity index (χ1v) is 5.23. The summed E-state index contributed by atoms with van der Waals surface area (Å²) in [5.41, 5.74) is 1.11. The van der Waals surface area contributed by atoms with Crippen LogP contribution in [0.2, 0.25) is 0 Å². The minimum Gasteiger partial charge on any atom is -0.472 e. The van der Waals surface area contributed by atoms with Gasteiger partial charge in [-0.2, -0.15) is 4.37 Å². The van der Waals surface area contributed by atoms with Crippen LogP contribution in [0, 0.1) is 0 Å². The Labute approximate surface area is 86.1 Å². The monoisotopic (exact) mass is 209 g/mol. The zero-order chi connectivity index (χ0) is 9.80. The lowest BCUT2D eigenvalue weighted by Crippen LogP contribution is -1.97. The summed E-state index contributed by atoms with van der Waals surface area (Å²) in [5, 5.41) is 4.05. The third-order valence-corrected chi connectivity index (χ3v) is 2.52. The van der Waals surface area contributed by atoms with E-state index in [1.54, 1.807) is 12.5 Å². The number of aromatic nitrogens is 2. The minimum atomic E-state index is 0.731. The second-order valence-corrected chi connectivity index (χ2v) is 3.61. The maximum atomic E-state index is 4.96. The van der Waals surface area contributed by atoms with E-state index in [4.69, 9.17) is 4.42 Å². The molecule has 0 aliphatic carbocycles. The summed E-state index contributed by atoms with van der Waals surface area (Å²) in [5.74, 6) is 0.893. The van der Waals surface area contributed by atoms with E-state index in [0.29, 0.717) is 0 Å². The molecule has 0 spiro atoms. The van der Waals surface area contributed by atoms with Crippen LogP contribution < -0.4 is 5.32 Å². The van der Waals surface area contributed by atoms with E-state index in [2.05, 4.69) is 14.7 Å². The van der Waals surface area contributed by atoms with Crippen molar-refractivity contribution in [3.8, 4) is 0 Å². The Balaban J connectivity index is 1.92. The summed E-state index contributed by atoms with van der Waals surface area (Å²) >= 11 is 1.39. The predicted molar refractivity (Wildman–Crippen MR) is 55.3 cm³/mol. The molecule has 14 heavy (non-hydrogen) atoms. The predicted octanol–water partition coefficient (Wildman–Crippen LogP) is 2.31. The van der Waals surface area contributed by atoms with Gasteiger partial charge < -0.3 is 9.73 Å². The van der Waals surface area contributed by atoms with Crippen LogP contribution >= 0.6 is 11.5 Å². The SMILES string of the molecule is CCc1nsc(NCc2ccoc2)n1. The molecule has 0 fully saturated rings. The van der Waals surface area contributed by atoms with Gasteiger partial charge in [-0.3, -0.25) is 0 Å². The van der Waals surface area contributed by atoms with Crippen LogP contribution in [0.15, 0.2) is 23.0 Å². The van der Waals surface area contributed by atoms with Gasteiger partial charge in [0, 0.05) is 30.1 Å². The molecule has 2 aromatic heterocycles. The van der Waals surface area contributed by atoms with Gasteiger partial charge in [-0.05, 0) is 6.07 Å². The van der Waals surface area contributed by atoms with Gasteiger partial charge >= 0.3 is 0 Å². The summed E-state index contributed by atoms with van der Waals surface area (Å²) < 4.78 is 9.14. The number of nitrogens with zero attached hydrogens (tertiary/aromatic N) is 2. The van der Waals surface area contributed by atoms with Crippen molar-refractivity contribution in [1.29, 1.82) is 0 Å². The van der Waals surface area contributed by atoms with Crippen LogP contribution in [0.25, 0.3) is 0 Å². The second-order valence-electron chi connectivity index (χ2n) is 2.85. The fourth-order valence-electron chi connectivity index (χ4n) is 1.04. The summed E-state index contributed by atoms with van der Waals surface area (Å²) in [6.45, 7) is 2.77. The van der Waals surface area contributed by atoms with Gasteiger partial charge in [-0.15, -0.1) is 0 Å². The molecule has 5 heteroatoms. The average molecular weight is 209 g/mol. The number of hydrogen-bond acceptors (Lipinski definition) is 5. The zero-order valence-corrected chi connectivity index (χ0v) is 8.67. The van der Waals surface area contributed by atoms with Crippen molar-refractivity contribution in [2.75, 3.05) is 5.32 Å². The maximum Gasteiger partial charge on any atom is 0.202 e. The summed E-state index contributed by atoms with van der Waals surface area (Å²) in [4.78, 5) is 4.29. The van der Waals surface area contributed by atoms with Crippen molar-refractivity contribution in [2.24, 2.45) is 0 Å². The van der Waals surface area contributed by atoms with E-state index in [0.717, 1.165) is 29.5 Å². The van der Waals surface area contributed by atoms with E-state index in [1.807, 2.05) is 13.0 Å². The molecule has 0 atom stereocenters. The molecule has 2 heterocycles. The van der Waals surface area contributed by atoms with Gasteiger partial charge in [0.15, 0.2) is 0 Å². The number of furan rings is 1. The summed E-state index contributed by atoms with van der Waals surface area (Å²) in [6.07, 6.45) is 4.26. The van der Waals surface area contributed by atoms with Crippen molar-refractivity contribution >= 4 is 16.7 Å². The second kappa shape index (κ2) is 4.23. The van der Waals surface area contributed by atoms with Crippen LogP contribution in [0.1, 0.15) is 18.3 Å². The normalized spacial score (nSPS) is 10.4. The number of nitrogens with one attached hydrogen (secondary N) is 1. The van der Waals surface area contributed by atoms with Gasteiger partial charge in [0.2, 0.25) is 5.13 Å². The Morgan fingerprint density at radius 2 is 2.50 bits per heavy atom. The molecule has 0 bridgehead atoms. The molecule has 0 amide bonds. The zero-order valence-electron chi connectivity index (χ0n) is 7.86. The van der Waals surface area contributed by atoms with E-state index >= 15 is 0 Å². The quantitative estimate of drug-likeness (QED) is 0.839. The highest BCUT2D eigenvalue weighted by atomic mass is 32.1. The Morgan fingerprint density at radius 1 is 1.57 bits per heavy atom. The average Bonchev–Trinajstić information content (AvgIpc) is 2.86. The van der Waals surface area contributed by atoms with Gasteiger partial charge in [-0.1, -0.05) is 6.92 Å². The van der Waals surface area contributed by atoms with Crippen LogP contribution in [-0.2, 0) is 13.0 Å². The fraction of sp³-hybridized carbons (Fsp3) is 0.333. The molecule has 2 aromatic rings. The van der Waals surface area contributed by atoms with E-state index in [-0.39, 0.29) is 0 Å². The first kappa shape index (κ1) is 9.21. The first-order chi connectivity index (χ1) is 6.88. The summed E-state index contributed by atoms with van der Waals surface area (Å²) in [6, 6.07) is 1.93. The number of aryl methyl sites for hydroxylation is 1. The Kier molecular flexibility index (Phi) is 2.78. The highest BCUT2D eigenvalue weighted by Gasteiger charge is 2.01. The van der Waals surface area contributed by atoms with E-state index in [1.165, 1.54) is 11.5 Å². The Hall–Kier alpha value is -1.36. The Morgan fingerprint density at radius 3 is 3.14 bits per heavy atom. The molecule has 0 radical (unpaired) electrons. The maximum absolute atomic E-state index is 4.96. The smallest absolute Gasteiger partial charge is 0.202 e. The van der Waals surface area contributed by atoms with Gasteiger partial charge in [-0.25, -0.2) is 4.98 Å². The molecule has 0 unspecified atom stereocenters. The lowest BCUT2D eigenvalue weighted by molar-refractivity contribution is 0.564. The molecule has 0 aromatic carbocycles. The van der Waals surface area contributed by atoms with Gasteiger partial charge in [0.05, 0.1) is 12.5 Å². The molecule has 4 nitrogen and oxygen atoms in total. The van der Waals surface area contributed by atoms with Crippen LogP contribution in [-0.4, -0.2) is 9.36 Å². The number of hydrogen-bond donors (Lipinski definition) is 1. The number of rotatable bonds is 4. The Bertz CT molecular complexity index is 382. The lowest BCUT2D eigenvalue weighted by Gasteiger charge is -1.96. The molecule has 0 saturated heterocycles. The van der Waals surface area contributed by atoms with Crippen molar-refractivity contribution in [3.63, 3.8) is 0 Å². The molecule has 0 saturated carbocycles. The van der Waals surface area contributed by atoms with Crippen molar-refractivity contribution in [1.82, 2.24) is 9.36 Å². The summed E-state index contributed by atoms with van der Waals surface area (Å²) in [7, 11) is 0. The minimum absolute atomic E-state index is 0.731. The first-order valence-electron chi connectivity index (χ1n) is 4.46. The van der Waals surface area contributed by atoms with Gasteiger partial charge in [0.25, 0.3) is 0 Å². The topological polar surface area (TPSA) is 51.0 Å². The van der Waals surface area contributed by atoms with Gasteiger partial charge in [0.1, 0.15) is 5.82 Å². The third-order valence-electron chi connectivity index (χ3n) is 1.81. The number of anilines is 1. The molecular formula is C9H11N3OS. The van der Waals surface area contributed by atoms with Crippen molar-refractivity contribution in [2.45, 2.75) is 19.9 Å². The third kappa shape index (κ3) is 2.11. The fourth-order valence-corrected chi connectivity index (χ4v) is 1.68. The molecule has 0 aliphatic rings. The van der Waals surface area contributed by atoms with Crippen molar-refractivity contribution in [3.05, 3.63) is 30.0 Å². The standard InChI is InChI=1S/C9H11N3OS/c1-2-8-11-9(14-12-8)10-5-7-3-4-13-6-7/h3-4,6H,2,5H2,1H3,(H,10,11,12). The van der Waals surface area contributed by atoms with Crippen LogP contribution in [0.5, 0.6) is 0 Å².